The van der Waals surface area contributed by atoms with Gasteiger partial charge in [0.25, 0.3) is 0 Å². The SMILES string of the molecule is Cn1c(Sc2c(F)cc(C(=O)CO)cc2F)nnc1C(c1ccccc1)c1ccccc1. The summed E-state index contributed by atoms with van der Waals surface area (Å²) in [5.74, 6) is -2.16. The van der Waals surface area contributed by atoms with Crippen molar-refractivity contribution in [1.29, 1.82) is 0 Å². The zero-order valence-electron chi connectivity index (χ0n) is 17.1. The Morgan fingerprint density at radius 2 is 1.50 bits per heavy atom. The lowest BCUT2D eigenvalue weighted by Gasteiger charge is -2.17. The van der Waals surface area contributed by atoms with E-state index in [-0.39, 0.29) is 16.4 Å². The number of aliphatic hydroxyl groups is 1. The Kier molecular flexibility index (Phi) is 6.43. The zero-order chi connectivity index (χ0) is 22.7. The van der Waals surface area contributed by atoms with Gasteiger partial charge in [-0.1, -0.05) is 60.7 Å². The lowest BCUT2D eigenvalue weighted by molar-refractivity contribution is 0.0902. The summed E-state index contributed by atoms with van der Waals surface area (Å²) in [5, 5.41) is 17.8. The Morgan fingerprint density at radius 3 is 2.00 bits per heavy atom. The molecule has 0 atom stereocenters. The Labute approximate surface area is 187 Å². The first kappa shape index (κ1) is 21.9. The van der Waals surface area contributed by atoms with Crippen molar-refractivity contribution in [1.82, 2.24) is 14.8 Å². The highest BCUT2D eigenvalue weighted by atomic mass is 32.2. The van der Waals surface area contributed by atoms with Gasteiger partial charge in [-0.25, -0.2) is 8.78 Å². The van der Waals surface area contributed by atoms with Crippen LogP contribution in [0.25, 0.3) is 0 Å². The minimum atomic E-state index is -0.904. The van der Waals surface area contributed by atoms with Crippen LogP contribution in [-0.4, -0.2) is 32.3 Å². The van der Waals surface area contributed by atoms with Crippen molar-refractivity contribution in [3.8, 4) is 0 Å². The van der Waals surface area contributed by atoms with E-state index in [1.807, 2.05) is 60.7 Å². The van der Waals surface area contributed by atoms with Gasteiger partial charge in [-0.3, -0.25) is 4.79 Å². The van der Waals surface area contributed by atoms with Gasteiger partial charge in [0.2, 0.25) is 0 Å². The molecule has 5 nitrogen and oxygen atoms in total. The minimum Gasteiger partial charge on any atom is -0.388 e. The summed E-state index contributed by atoms with van der Waals surface area (Å²) >= 11 is 0.790. The first-order valence-corrected chi connectivity index (χ1v) is 10.6. The number of nitrogens with zero attached hydrogens (tertiary/aromatic N) is 3. The molecule has 0 amide bonds. The fourth-order valence-electron chi connectivity index (χ4n) is 3.45. The molecule has 0 saturated heterocycles. The molecule has 4 aromatic rings. The number of ketones is 1. The third-order valence-corrected chi connectivity index (χ3v) is 6.18. The summed E-state index contributed by atoms with van der Waals surface area (Å²) in [5.41, 5.74) is 1.80. The third kappa shape index (κ3) is 4.32. The lowest BCUT2D eigenvalue weighted by atomic mass is 9.90. The van der Waals surface area contributed by atoms with E-state index in [1.54, 1.807) is 11.6 Å². The second-order valence-corrected chi connectivity index (χ2v) is 8.08. The second kappa shape index (κ2) is 9.42. The molecule has 0 radical (unpaired) electrons. The smallest absolute Gasteiger partial charge is 0.196 e. The largest absolute Gasteiger partial charge is 0.388 e. The standard InChI is InChI=1S/C24H19F2N3O2S/c1-29-23(21(15-8-4-2-5-9-15)16-10-6-3-7-11-16)27-28-24(29)32-22-18(25)12-17(13-19(22)26)20(31)14-30/h2-13,21,30H,14H2,1H3. The number of carbonyl (C=O) groups is 1. The van der Waals surface area contributed by atoms with E-state index in [0.29, 0.717) is 11.0 Å². The van der Waals surface area contributed by atoms with Gasteiger partial charge >= 0.3 is 0 Å². The van der Waals surface area contributed by atoms with Crippen LogP contribution >= 0.6 is 11.8 Å². The van der Waals surface area contributed by atoms with Crippen molar-refractivity contribution in [2.75, 3.05) is 6.61 Å². The molecule has 3 aromatic carbocycles. The van der Waals surface area contributed by atoms with Gasteiger partial charge in [-0.05, 0) is 35.0 Å². The molecular formula is C24H19F2N3O2S. The number of aromatic nitrogens is 3. The molecule has 4 rings (SSSR count). The van der Waals surface area contributed by atoms with Crippen molar-refractivity contribution in [3.63, 3.8) is 0 Å². The molecule has 1 N–H and O–H groups in total. The molecule has 0 unspecified atom stereocenters. The number of halogens is 2. The van der Waals surface area contributed by atoms with Gasteiger partial charge in [0.05, 0.1) is 10.8 Å². The summed E-state index contributed by atoms with van der Waals surface area (Å²) in [4.78, 5) is 11.3. The maximum Gasteiger partial charge on any atom is 0.196 e. The summed E-state index contributed by atoms with van der Waals surface area (Å²) in [7, 11) is 1.75. The highest BCUT2D eigenvalue weighted by Crippen LogP contribution is 2.35. The molecule has 0 fully saturated rings. The van der Waals surface area contributed by atoms with Crippen LogP contribution in [0.3, 0.4) is 0 Å². The average molecular weight is 451 g/mol. The number of rotatable bonds is 7. The van der Waals surface area contributed by atoms with Crippen molar-refractivity contribution in [2.24, 2.45) is 7.05 Å². The Morgan fingerprint density at radius 1 is 0.969 bits per heavy atom. The zero-order valence-corrected chi connectivity index (χ0v) is 17.9. The van der Waals surface area contributed by atoms with E-state index >= 15 is 0 Å². The van der Waals surface area contributed by atoms with Gasteiger partial charge in [0.1, 0.15) is 24.1 Å². The third-order valence-electron chi connectivity index (χ3n) is 5.05. The van der Waals surface area contributed by atoms with E-state index in [9.17, 15) is 13.6 Å². The fraction of sp³-hybridized carbons (Fsp3) is 0.125. The summed E-state index contributed by atoms with van der Waals surface area (Å²) in [6.07, 6.45) is 0. The van der Waals surface area contributed by atoms with Crippen molar-refractivity contribution < 1.29 is 18.7 Å². The number of carbonyl (C=O) groups excluding carboxylic acids is 1. The highest BCUT2D eigenvalue weighted by Gasteiger charge is 2.25. The highest BCUT2D eigenvalue weighted by molar-refractivity contribution is 7.99. The molecule has 0 bridgehead atoms. The van der Waals surface area contributed by atoms with E-state index in [1.165, 1.54) is 0 Å². The molecule has 162 valence electrons. The van der Waals surface area contributed by atoms with E-state index in [4.69, 9.17) is 5.11 Å². The fourth-order valence-corrected chi connectivity index (χ4v) is 4.26. The Hall–Kier alpha value is -3.36. The van der Waals surface area contributed by atoms with Gasteiger partial charge in [0.15, 0.2) is 10.9 Å². The van der Waals surface area contributed by atoms with Crippen LogP contribution in [0.2, 0.25) is 0 Å². The van der Waals surface area contributed by atoms with Gasteiger partial charge in [0, 0.05) is 12.6 Å². The van der Waals surface area contributed by atoms with Crippen LogP contribution in [0.5, 0.6) is 0 Å². The molecule has 8 heteroatoms. The first-order chi connectivity index (χ1) is 15.5. The van der Waals surface area contributed by atoms with Crippen LogP contribution in [0.4, 0.5) is 8.78 Å². The number of aliphatic hydroxyl groups excluding tert-OH is 1. The van der Waals surface area contributed by atoms with Crippen LogP contribution in [0, 0.1) is 11.6 Å². The minimum absolute atomic E-state index is 0.219. The molecule has 1 heterocycles. The number of benzene rings is 3. The Bertz CT molecular complexity index is 1180. The van der Waals surface area contributed by atoms with Crippen molar-refractivity contribution in [3.05, 3.63) is 107 Å². The molecule has 1 aromatic heterocycles. The van der Waals surface area contributed by atoms with Crippen LogP contribution < -0.4 is 0 Å². The van der Waals surface area contributed by atoms with E-state index in [0.717, 1.165) is 35.0 Å². The molecule has 32 heavy (non-hydrogen) atoms. The molecule has 0 saturated carbocycles. The number of Topliss-reactive ketones (excluding diaryl/α,β-unsaturated/α-hetero) is 1. The molecule has 0 aliphatic carbocycles. The summed E-state index contributed by atoms with van der Waals surface area (Å²) in [6, 6.07) is 21.4. The topological polar surface area (TPSA) is 68.0 Å². The van der Waals surface area contributed by atoms with Gasteiger partial charge in [-0.2, -0.15) is 0 Å². The number of hydrogen-bond acceptors (Lipinski definition) is 5. The average Bonchev–Trinajstić information content (AvgIpc) is 3.17. The van der Waals surface area contributed by atoms with Crippen LogP contribution in [0.1, 0.15) is 33.2 Å². The predicted octanol–water partition coefficient (Wildman–Crippen LogP) is 4.60. The van der Waals surface area contributed by atoms with E-state index < -0.39 is 24.0 Å². The molecule has 0 aliphatic heterocycles. The normalized spacial score (nSPS) is 11.2. The lowest BCUT2D eigenvalue weighted by Crippen LogP contribution is -2.10. The van der Waals surface area contributed by atoms with Crippen LogP contribution in [-0.2, 0) is 7.05 Å². The molecular weight excluding hydrogens is 432 g/mol. The van der Waals surface area contributed by atoms with E-state index in [2.05, 4.69) is 10.2 Å². The summed E-state index contributed by atoms with van der Waals surface area (Å²) < 4.78 is 30.8. The maximum atomic E-state index is 14.6. The Balaban J connectivity index is 1.72. The van der Waals surface area contributed by atoms with Gasteiger partial charge in [-0.15, -0.1) is 10.2 Å². The first-order valence-electron chi connectivity index (χ1n) is 9.79. The van der Waals surface area contributed by atoms with Crippen molar-refractivity contribution >= 4 is 17.5 Å². The second-order valence-electron chi connectivity index (χ2n) is 7.11. The molecule has 0 aliphatic rings. The maximum absolute atomic E-state index is 14.6. The monoisotopic (exact) mass is 451 g/mol. The molecule has 0 spiro atoms. The van der Waals surface area contributed by atoms with Crippen LogP contribution in [0.15, 0.2) is 82.8 Å². The number of hydrogen-bond donors (Lipinski definition) is 1. The van der Waals surface area contributed by atoms with Gasteiger partial charge < -0.3 is 9.67 Å². The summed E-state index contributed by atoms with van der Waals surface area (Å²) in [6.45, 7) is -0.821. The predicted molar refractivity (Wildman–Crippen MR) is 117 cm³/mol. The van der Waals surface area contributed by atoms with Crippen molar-refractivity contribution in [2.45, 2.75) is 16.0 Å². The quantitative estimate of drug-likeness (QED) is 0.416.